The quantitative estimate of drug-likeness (QED) is 0.389. The van der Waals surface area contributed by atoms with E-state index >= 15 is 0 Å². The number of hydrogen-bond acceptors (Lipinski definition) is 3. The van der Waals surface area contributed by atoms with Crippen LogP contribution >= 0.6 is 11.8 Å². The van der Waals surface area contributed by atoms with Crippen molar-refractivity contribution in [1.29, 1.82) is 0 Å². The van der Waals surface area contributed by atoms with Crippen LogP contribution in [0, 0.1) is 5.92 Å². The maximum atomic E-state index is 4.31. The maximum Gasteiger partial charge on any atom is 0.190 e. The molecule has 4 nitrogen and oxygen atoms in total. The molecule has 0 spiro atoms. The fourth-order valence-corrected chi connectivity index (χ4v) is 3.26. The van der Waals surface area contributed by atoms with Crippen LogP contribution in [0.5, 0.6) is 0 Å². The lowest BCUT2D eigenvalue weighted by Gasteiger charge is -2.32. The number of unbranched alkanes of at least 4 members (excludes halogenated alkanes) is 1. The average Bonchev–Trinajstić information content (AvgIpc) is 2.52. The molecule has 2 N–H and O–H groups in total. The SMILES string of the molecule is CCCN1CCC(CNC(=NC)NCCCCSC)CC1. The Labute approximate surface area is 135 Å². The fraction of sp³-hybridized carbons (Fsp3) is 0.938. The first-order chi connectivity index (χ1) is 10.3. The zero-order chi connectivity index (χ0) is 15.3. The number of rotatable bonds is 9. The number of hydrogen-bond donors (Lipinski definition) is 2. The van der Waals surface area contributed by atoms with E-state index in [4.69, 9.17) is 0 Å². The van der Waals surface area contributed by atoms with Gasteiger partial charge >= 0.3 is 0 Å². The van der Waals surface area contributed by atoms with Gasteiger partial charge in [-0.25, -0.2) is 0 Å². The minimum Gasteiger partial charge on any atom is -0.356 e. The van der Waals surface area contributed by atoms with Crippen molar-refractivity contribution in [2.24, 2.45) is 10.9 Å². The molecule has 1 saturated heterocycles. The Morgan fingerprint density at radius 3 is 2.62 bits per heavy atom. The third-order valence-corrected chi connectivity index (χ3v) is 4.79. The highest BCUT2D eigenvalue weighted by molar-refractivity contribution is 7.98. The van der Waals surface area contributed by atoms with E-state index in [1.54, 1.807) is 0 Å². The molecular weight excluding hydrogens is 280 g/mol. The van der Waals surface area contributed by atoms with Gasteiger partial charge in [-0.3, -0.25) is 4.99 Å². The lowest BCUT2D eigenvalue weighted by molar-refractivity contribution is 0.185. The molecule has 1 fully saturated rings. The predicted molar refractivity (Wildman–Crippen MR) is 96.4 cm³/mol. The molecule has 5 heteroatoms. The molecule has 1 rings (SSSR count). The first kappa shape index (κ1) is 18.6. The highest BCUT2D eigenvalue weighted by Crippen LogP contribution is 2.16. The van der Waals surface area contributed by atoms with Crippen LogP contribution in [0.2, 0.25) is 0 Å². The van der Waals surface area contributed by atoms with Gasteiger partial charge < -0.3 is 15.5 Å². The van der Waals surface area contributed by atoms with Gasteiger partial charge in [-0.05, 0) is 69.7 Å². The Morgan fingerprint density at radius 2 is 2.00 bits per heavy atom. The summed E-state index contributed by atoms with van der Waals surface area (Å²) < 4.78 is 0. The molecule has 0 bridgehead atoms. The summed E-state index contributed by atoms with van der Waals surface area (Å²) in [7, 11) is 1.86. The second-order valence-electron chi connectivity index (χ2n) is 5.86. The largest absolute Gasteiger partial charge is 0.356 e. The topological polar surface area (TPSA) is 39.7 Å². The Hall–Kier alpha value is -0.420. The van der Waals surface area contributed by atoms with Crippen LogP contribution in [-0.2, 0) is 0 Å². The summed E-state index contributed by atoms with van der Waals surface area (Å²) in [6.45, 7) is 8.14. The molecule has 0 saturated carbocycles. The van der Waals surface area contributed by atoms with Crippen LogP contribution in [0.3, 0.4) is 0 Å². The number of likely N-dealkylation sites (tertiary alicyclic amines) is 1. The molecule has 0 aliphatic carbocycles. The molecule has 21 heavy (non-hydrogen) atoms. The monoisotopic (exact) mass is 314 g/mol. The van der Waals surface area contributed by atoms with Crippen LogP contribution in [0.25, 0.3) is 0 Å². The minimum absolute atomic E-state index is 0.799. The lowest BCUT2D eigenvalue weighted by Crippen LogP contribution is -2.43. The van der Waals surface area contributed by atoms with Crippen molar-refractivity contribution >= 4 is 17.7 Å². The zero-order valence-corrected chi connectivity index (χ0v) is 15.0. The Balaban J connectivity index is 2.09. The number of piperidine rings is 1. The average molecular weight is 315 g/mol. The third-order valence-electron chi connectivity index (χ3n) is 4.10. The van der Waals surface area contributed by atoms with Gasteiger partial charge in [0, 0.05) is 20.1 Å². The molecule has 0 aromatic rings. The maximum absolute atomic E-state index is 4.31. The highest BCUT2D eigenvalue weighted by Gasteiger charge is 2.18. The minimum atomic E-state index is 0.799. The van der Waals surface area contributed by atoms with Crippen LogP contribution in [0.1, 0.15) is 39.0 Å². The standard InChI is InChI=1S/C16H34N4S/c1-4-10-20-11-7-15(8-12-20)14-19-16(17-2)18-9-5-6-13-21-3/h15H,4-14H2,1-3H3,(H2,17,18,19). The molecule has 0 unspecified atom stereocenters. The molecule has 1 heterocycles. The number of nitrogens with zero attached hydrogens (tertiary/aromatic N) is 2. The van der Waals surface area contributed by atoms with Crippen molar-refractivity contribution in [3.8, 4) is 0 Å². The van der Waals surface area contributed by atoms with E-state index in [9.17, 15) is 0 Å². The number of thioether (sulfide) groups is 1. The Kier molecular flexibility index (Phi) is 10.8. The fourth-order valence-electron chi connectivity index (χ4n) is 2.77. The molecule has 1 aliphatic heterocycles. The number of guanidine groups is 1. The lowest BCUT2D eigenvalue weighted by atomic mass is 9.97. The molecule has 0 radical (unpaired) electrons. The van der Waals surface area contributed by atoms with Crippen molar-refractivity contribution in [2.45, 2.75) is 39.0 Å². The van der Waals surface area contributed by atoms with Crippen molar-refractivity contribution < 1.29 is 0 Å². The second kappa shape index (κ2) is 12.2. The van der Waals surface area contributed by atoms with Gasteiger partial charge in [0.25, 0.3) is 0 Å². The summed E-state index contributed by atoms with van der Waals surface area (Å²) in [4.78, 5) is 6.91. The van der Waals surface area contributed by atoms with Crippen LogP contribution in [0.15, 0.2) is 4.99 Å². The smallest absolute Gasteiger partial charge is 0.190 e. The van der Waals surface area contributed by atoms with E-state index in [1.165, 1.54) is 57.5 Å². The molecule has 0 atom stereocenters. The van der Waals surface area contributed by atoms with E-state index in [2.05, 4.69) is 33.7 Å². The molecule has 0 aromatic heterocycles. The van der Waals surface area contributed by atoms with E-state index in [0.717, 1.165) is 25.0 Å². The number of nitrogens with one attached hydrogen (secondary N) is 2. The first-order valence-corrected chi connectivity index (χ1v) is 9.85. The molecule has 1 aliphatic rings. The number of aliphatic imine (C=N–C) groups is 1. The van der Waals surface area contributed by atoms with Crippen molar-refractivity contribution in [3.05, 3.63) is 0 Å². The summed E-state index contributed by atoms with van der Waals surface area (Å²) in [6.07, 6.45) is 8.57. The summed E-state index contributed by atoms with van der Waals surface area (Å²) in [6, 6.07) is 0. The Morgan fingerprint density at radius 1 is 1.24 bits per heavy atom. The van der Waals surface area contributed by atoms with E-state index in [0.29, 0.717) is 0 Å². The molecular formula is C16H34N4S. The van der Waals surface area contributed by atoms with E-state index < -0.39 is 0 Å². The summed E-state index contributed by atoms with van der Waals surface area (Å²) in [5.41, 5.74) is 0. The summed E-state index contributed by atoms with van der Waals surface area (Å²) in [5, 5.41) is 6.91. The van der Waals surface area contributed by atoms with Gasteiger partial charge in [0.2, 0.25) is 0 Å². The van der Waals surface area contributed by atoms with Crippen LogP contribution in [-0.4, -0.2) is 62.6 Å². The normalized spacial score (nSPS) is 18.0. The molecule has 0 amide bonds. The van der Waals surface area contributed by atoms with Gasteiger partial charge in [0.15, 0.2) is 5.96 Å². The third kappa shape index (κ3) is 8.57. The molecule has 124 valence electrons. The van der Waals surface area contributed by atoms with Gasteiger partial charge in [-0.15, -0.1) is 0 Å². The van der Waals surface area contributed by atoms with Crippen molar-refractivity contribution in [3.63, 3.8) is 0 Å². The van der Waals surface area contributed by atoms with E-state index in [1.807, 2.05) is 18.8 Å². The van der Waals surface area contributed by atoms with Crippen molar-refractivity contribution in [2.75, 3.05) is 51.8 Å². The summed E-state index contributed by atoms with van der Waals surface area (Å²) >= 11 is 1.92. The Bertz CT molecular complexity index is 275. The van der Waals surface area contributed by atoms with Gasteiger partial charge in [-0.1, -0.05) is 6.92 Å². The highest BCUT2D eigenvalue weighted by atomic mass is 32.2. The van der Waals surface area contributed by atoms with Crippen molar-refractivity contribution in [1.82, 2.24) is 15.5 Å². The van der Waals surface area contributed by atoms with Gasteiger partial charge in [0.1, 0.15) is 0 Å². The van der Waals surface area contributed by atoms with Gasteiger partial charge in [-0.2, -0.15) is 11.8 Å². The first-order valence-electron chi connectivity index (χ1n) is 8.46. The van der Waals surface area contributed by atoms with E-state index in [-0.39, 0.29) is 0 Å². The predicted octanol–water partition coefficient (Wildman–Crippen LogP) is 2.42. The van der Waals surface area contributed by atoms with Gasteiger partial charge in [0.05, 0.1) is 0 Å². The zero-order valence-electron chi connectivity index (χ0n) is 14.2. The second-order valence-corrected chi connectivity index (χ2v) is 6.85. The molecule has 0 aromatic carbocycles. The summed E-state index contributed by atoms with van der Waals surface area (Å²) in [5.74, 6) is 3.02. The van der Waals surface area contributed by atoms with Crippen LogP contribution < -0.4 is 10.6 Å². The van der Waals surface area contributed by atoms with Crippen LogP contribution in [0.4, 0.5) is 0 Å².